The van der Waals surface area contributed by atoms with E-state index in [0.717, 1.165) is 30.3 Å². The highest BCUT2D eigenvalue weighted by Crippen LogP contribution is 2.22. The minimum absolute atomic E-state index is 0.130. The lowest BCUT2D eigenvalue weighted by molar-refractivity contribution is 0.499. The second-order valence-corrected chi connectivity index (χ2v) is 4.45. The maximum Gasteiger partial charge on any atom is 0.159 e. The van der Waals surface area contributed by atoms with E-state index in [-0.39, 0.29) is 12.0 Å². The first kappa shape index (κ1) is 14.5. The minimum Gasteiger partial charge on any atom is -0.313 e. The Labute approximate surface area is 114 Å². The lowest BCUT2D eigenvalue weighted by Crippen LogP contribution is -2.19. The topological polar surface area (TPSA) is 12.0 Å². The van der Waals surface area contributed by atoms with Gasteiger partial charge in [0.2, 0.25) is 0 Å². The van der Waals surface area contributed by atoms with E-state index >= 15 is 0 Å². The van der Waals surface area contributed by atoms with E-state index in [0.29, 0.717) is 5.56 Å². The van der Waals surface area contributed by atoms with Crippen molar-refractivity contribution in [3.8, 4) is 0 Å². The summed E-state index contributed by atoms with van der Waals surface area (Å²) in [5.74, 6) is -2.99. The van der Waals surface area contributed by atoms with Gasteiger partial charge in [-0.2, -0.15) is 0 Å². The highest BCUT2D eigenvalue weighted by atomic mass is 19.2. The Balaban J connectivity index is 2.28. The molecule has 1 nitrogen and oxygen atoms in total. The van der Waals surface area contributed by atoms with Crippen molar-refractivity contribution >= 4 is 0 Å². The maximum atomic E-state index is 13.6. The van der Waals surface area contributed by atoms with E-state index < -0.39 is 29.3 Å². The summed E-state index contributed by atoms with van der Waals surface area (Å²) in [5.41, 5.74) is 0.643. The van der Waals surface area contributed by atoms with Gasteiger partial charge >= 0.3 is 0 Å². The van der Waals surface area contributed by atoms with Crippen molar-refractivity contribution in [1.82, 2.24) is 5.32 Å². The van der Waals surface area contributed by atoms with Crippen LogP contribution in [0.15, 0.2) is 36.4 Å². The summed E-state index contributed by atoms with van der Waals surface area (Å²) in [5, 5.41) is 2.88. The molecule has 0 spiro atoms. The number of hydrogen-bond donors (Lipinski definition) is 1. The molecule has 20 heavy (non-hydrogen) atoms. The van der Waals surface area contributed by atoms with Crippen LogP contribution in [0.2, 0.25) is 0 Å². The first-order valence-corrected chi connectivity index (χ1v) is 6.07. The standard InChI is InChI=1S/C15H13F4N/c1-20-15(9-2-4-13(18)14(19)7-9)8-10-6-11(16)3-5-12(10)17/h2-7,15,20H,8H2,1H3. The Morgan fingerprint density at radius 2 is 1.60 bits per heavy atom. The van der Waals surface area contributed by atoms with Crippen molar-refractivity contribution < 1.29 is 17.6 Å². The fourth-order valence-electron chi connectivity index (χ4n) is 2.04. The number of hydrogen-bond acceptors (Lipinski definition) is 1. The largest absolute Gasteiger partial charge is 0.313 e. The Morgan fingerprint density at radius 1 is 0.900 bits per heavy atom. The summed E-state index contributed by atoms with van der Waals surface area (Å²) in [6.45, 7) is 0. The zero-order valence-corrected chi connectivity index (χ0v) is 10.8. The van der Waals surface area contributed by atoms with Crippen LogP contribution in [0.4, 0.5) is 17.6 Å². The van der Waals surface area contributed by atoms with Gasteiger partial charge in [-0.15, -0.1) is 0 Å². The molecule has 0 saturated heterocycles. The monoisotopic (exact) mass is 283 g/mol. The van der Waals surface area contributed by atoms with Gasteiger partial charge in [0.1, 0.15) is 11.6 Å². The number of rotatable bonds is 4. The van der Waals surface area contributed by atoms with Crippen LogP contribution < -0.4 is 5.32 Å². The van der Waals surface area contributed by atoms with E-state index in [1.165, 1.54) is 6.07 Å². The molecule has 2 rings (SSSR count). The molecule has 106 valence electrons. The van der Waals surface area contributed by atoms with Crippen LogP contribution in [0.25, 0.3) is 0 Å². The third-order valence-corrected chi connectivity index (χ3v) is 3.13. The van der Waals surface area contributed by atoms with Crippen LogP contribution >= 0.6 is 0 Å². The smallest absolute Gasteiger partial charge is 0.159 e. The van der Waals surface area contributed by atoms with Gasteiger partial charge in [-0.05, 0) is 54.9 Å². The van der Waals surface area contributed by atoms with Gasteiger partial charge in [0.15, 0.2) is 11.6 Å². The quantitative estimate of drug-likeness (QED) is 0.843. The SMILES string of the molecule is CNC(Cc1cc(F)ccc1F)c1ccc(F)c(F)c1. The first-order chi connectivity index (χ1) is 9.51. The number of nitrogens with one attached hydrogen (secondary N) is 1. The van der Waals surface area contributed by atoms with Crippen LogP contribution in [-0.2, 0) is 6.42 Å². The minimum atomic E-state index is -0.970. The Kier molecular flexibility index (Phi) is 4.39. The predicted molar refractivity (Wildman–Crippen MR) is 68.2 cm³/mol. The second kappa shape index (κ2) is 6.05. The summed E-state index contributed by atoms with van der Waals surface area (Å²) in [4.78, 5) is 0. The van der Waals surface area contributed by atoms with Crippen LogP contribution in [0, 0.1) is 23.3 Å². The van der Waals surface area contributed by atoms with Crippen molar-refractivity contribution in [2.24, 2.45) is 0 Å². The molecule has 2 aromatic carbocycles. The molecule has 5 heteroatoms. The van der Waals surface area contributed by atoms with Gasteiger partial charge in [-0.3, -0.25) is 0 Å². The Hall–Kier alpha value is -1.88. The van der Waals surface area contributed by atoms with Crippen LogP contribution in [-0.4, -0.2) is 7.05 Å². The third-order valence-electron chi connectivity index (χ3n) is 3.13. The van der Waals surface area contributed by atoms with Gasteiger partial charge in [0.25, 0.3) is 0 Å². The highest BCUT2D eigenvalue weighted by molar-refractivity contribution is 5.26. The summed E-state index contributed by atoms with van der Waals surface area (Å²) in [6.07, 6.45) is 0.130. The lowest BCUT2D eigenvalue weighted by Gasteiger charge is -2.17. The van der Waals surface area contributed by atoms with Crippen molar-refractivity contribution in [3.05, 3.63) is 70.8 Å². The molecule has 2 aromatic rings. The van der Waals surface area contributed by atoms with Crippen molar-refractivity contribution in [1.29, 1.82) is 0 Å². The van der Waals surface area contributed by atoms with Crippen LogP contribution in [0.1, 0.15) is 17.2 Å². The zero-order valence-electron chi connectivity index (χ0n) is 10.8. The van der Waals surface area contributed by atoms with E-state index in [1.807, 2.05) is 0 Å². The van der Waals surface area contributed by atoms with Gasteiger partial charge in [-0.25, -0.2) is 17.6 Å². The Bertz CT molecular complexity index is 613. The molecular weight excluding hydrogens is 270 g/mol. The molecule has 0 fully saturated rings. The summed E-state index contributed by atoms with van der Waals surface area (Å²) in [6, 6.07) is 6.20. The number of benzene rings is 2. The van der Waals surface area contributed by atoms with Crippen molar-refractivity contribution in [2.75, 3.05) is 7.05 Å². The molecule has 1 atom stereocenters. The predicted octanol–water partition coefficient (Wildman–Crippen LogP) is 3.75. The maximum absolute atomic E-state index is 13.6. The number of halogens is 4. The molecular formula is C15H13F4N. The van der Waals surface area contributed by atoms with E-state index in [4.69, 9.17) is 0 Å². The highest BCUT2D eigenvalue weighted by Gasteiger charge is 2.15. The average molecular weight is 283 g/mol. The van der Waals surface area contributed by atoms with Gasteiger partial charge in [-0.1, -0.05) is 6.07 Å². The first-order valence-electron chi connectivity index (χ1n) is 6.07. The molecule has 0 aliphatic carbocycles. The van der Waals surface area contributed by atoms with Gasteiger partial charge in [0.05, 0.1) is 0 Å². The molecule has 0 heterocycles. The van der Waals surface area contributed by atoms with Crippen molar-refractivity contribution in [3.63, 3.8) is 0 Å². The fourth-order valence-corrected chi connectivity index (χ4v) is 2.04. The molecule has 0 amide bonds. The van der Waals surface area contributed by atoms with E-state index in [1.54, 1.807) is 7.05 Å². The van der Waals surface area contributed by atoms with Crippen molar-refractivity contribution in [2.45, 2.75) is 12.5 Å². The Morgan fingerprint density at radius 3 is 2.25 bits per heavy atom. The third kappa shape index (κ3) is 3.17. The molecule has 0 radical (unpaired) electrons. The fraction of sp³-hybridized carbons (Fsp3) is 0.200. The molecule has 1 N–H and O–H groups in total. The lowest BCUT2D eigenvalue weighted by atomic mass is 9.98. The molecule has 0 aliphatic rings. The zero-order chi connectivity index (χ0) is 14.7. The van der Waals surface area contributed by atoms with Gasteiger partial charge < -0.3 is 5.32 Å². The normalized spacial score (nSPS) is 12.4. The number of likely N-dealkylation sites (N-methyl/N-ethyl adjacent to an activating group) is 1. The average Bonchev–Trinajstić information content (AvgIpc) is 2.43. The van der Waals surface area contributed by atoms with Gasteiger partial charge in [0, 0.05) is 6.04 Å². The molecule has 0 bridgehead atoms. The molecule has 1 unspecified atom stereocenters. The molecule has 0 saturated carbocycles. The second-order valence-electron chi connectivity index (χ2n) is 4.45. The van der Waals surface area contributed by atoms with E-state index in [9.17, 15) is 17.6 Å². The summed E-state index contributed by atoms with van der Waals surface area (Å²) < 4.78 is 52.8. The van der Waals surface area contributed by atoms with Crippen LogP contribution in [0.3, 0.4) is 0 Å². The van der Waals surface area contributed by atoms with E-state index in [2.05, 4.69) is 5.32 Å². The summed E-state index contributed by atoms with van der Waals surface area (Å²) >= 11 is 0. The van der Waals surface area contributed by atoms with Crippen LogP contribution in [0.5, 0.6) is 0 Å². The summed E-state index contributed by atoms with van der Waals surface area (Å²) in [7, 11) is 1.61. The molecule has 0 aromatic heterocycles. The molecule has 0 aliphatic heterocycles.